The average Bonchev–Trinajstić information content (AvgIpc) is 3.62. The third-order valence-electron chi connectivity index (χ3n) is 7.14. The third kappa shape index (κ3) is 3.01. The summed E-state index contributed by atoms with van der Waals surface area (Å²) in [5.41, 5.74) is 5.16. The molecule has 2 heterocycles. The Balaban J connectivity index is 1.42. The lowest BCUT2D eigenvalue weighted by atomic mass is 10.1. The summed E-state index contributed by atoms with van der Waals surface area (Å²) in [6, 6.07) is 26.2. The maximum Gasteiger partial charge on any atom is 0.0645 e. The molecule has 8 rings (SSSR count). The SMILES string of the molecule is [2H]c1c([2H])c([2H])c(-c2ccc(-n3c4ccccc4c4c(-n5c6ccccc6c6c([2H])c([2H])c([2H])c([2H])c65)cccc43)cc2)c([2H])c1[2H]. The van der Waals surface area contributed by atoms with Gasteiger partial charge < -0.3 is 9.13 Å². The molecular formula is C36H24N2. The highest BCUT2D eigenvalue weighted by Crippen LogP contribution is 2.39. The molecule has 6 aromatic carbocycles. The van der Waals surface area contributed by atoms with Gasteiger partial charge in [-0.2, -0.15) is 0 Å². The van der Waals surface area contributed by atoms with Gasteiger partial charge in [-0.15, -0.1) is 0 Å². The largest absolute Gasteiger partial charge is 0.309 e. The lowest BCUT2D eigenvalue weighted by Gasteiger charge is -2.12. The maximum absolute atomic E-state index is 8.94. The van der Waals surface area contributed by atoms with Gasteiger partial charge in [0, 0.05) is 27.2 Å². The Kier molecular flexibility index (Phi) is 3.03. The van der Waals surface area contributed by atoms with Gasteiger partial charge in [-0.25, -0.2) is 0 Å². The lowest BCUT2D eigenvalue weighted by Crippen LogP contribution is -1.96. The van der Waals surface area contributed by atoms with E-state index in [1.807, 2.05) is 83.4 Å². The Labute approximate surface area is 233 Å². The Bertz CT molecular complexity index is 2590. The summed E-state index contributed by atoms with van der Waals surface area (Å²) in [5.74, 6) is 0. The first kappa shape index (κ1) is 14.0. The van der Waals surface area contributed by atoms with Gasteiger partial charge in [-0.1, -0.05) is 103 Å². The van der Waals surface area contributed by atoms with E-state index in [4.69, 9.17) is 12.3 Å². The van der Waals surface area contributed by atoms with Crippen molar-refractivity contribution in [3.05, 3.63) is 145 Å². The fourth-order valence-corrected chi connectivity index (χ4v) is 5.56. The van der Waals surface area contributed by atoms with Gasteiger partial charge in [-0.05, 0) is 53.6 Å². The molecule has 0 saturated heterocycles. The minimum absolute atomic E-state index is 0.0789. The molecule has 0 aliphatic carbocycles. The summed E-state index contributed by atoms with van der Waals surface area (Å²) < 4.78 is 79.5. The van der Waals surface area contributed by atoms with Crippen LogP contribution in [0.25, 0.3) is 66.1 Å². The first-order valence-electron chi connectivity index (χ1n) is 16.8. The highest BCUT2D eigenvalue weighted by molar-refractivity contribution is 6.16. The first-order chi connectivity index (χ1) is 22.6. The molecule has 0 N–H and O–H groups in total. The predicted molar refractivity (Wildman–Crippen MR) is 161 cm³/mol. The van der Waals surface area contributed by atoms with E-state index in [1.54, 1.807) is 12.1 Å². The topological polar surface area (TPSA) is 9.86 Å². The zero-order valence-corrected chi connectivity index (χ0v) is 20.1. The van der Waals surface area contributed by atoms with Crippen LogP contribution in [0.4, 0.5) is 0 Å². The van der Waals surface area contributed by atoms with Crippen molar-refractivity contribution in [2.45, 2.75) is 0 Å². The molecule has 0 fully saturated rings. The number of aromatic nitrogens is 2. The number of rotatable bonds is 3. The Morgan fingerprint density at radius 2 is 1.08 bits per heavy atom. The van der Waals surface area contributed by atoms with Crippen LogP contribution in [0, 0.1) is 0 Å². The Hall–Kier alpha value is -5.08. The summed E-state index contributed by atoms with van der Waals surface area (Å²) in [5, 5.41) is 3.04. The van der Waals surface area contributed by atoms with Crippen LogP contribution in [0.15, 0.2) is 145 Å². The lowest BCUT2D eigenvalue weighted by molar-refractivity contribution is 1.17. The number of para-hydroxylation sites is 3. The van der Waals surface area contributed by atoms with Crippen LogP contribution in [0.2, 0.25) is 0 Å². The number of hydrogen-bond acceptors (Lipinski definition) is 0. The quantitative estimate of drug-likeness (QED) is 0.232. The predicted octanol–water partition coefficient (Wildman–Crippen LogP) is 9.55. The average molecular weight is 494 g/mol. The normalized spacial score (nSPS) is 15.0. The first-order valence-corrected chi connectivity index (χ1v) is 12.3. The van der Waals surface area contributed by atoms with Crippen molar-refractivity contribution in [1.82, 2.24) is 9.13 Å². The van der Waals surface area contributed by atoms with Gasteiger partial charge in [0.05, 0.1) is 40.1 Å². The summed E-state index contributed by atoms with van der Waals surface area (Å²) in [7, 11) is 0. The number of fused-ring (bicyclic) bond motifs is 6. The van der Waals surface area contributed by atoms with Crippen LogP contribution in [0.3, 0.4) is 0 Å². The zero-order valence-electron chi connectivity index (χ0n) is 29.1. The van der Waals surface area contributed by atoms with E-state index < -0.39 is 6.04 Å². The fraction of sp³-hybridized carbons (Fsp3) is 0. The van der Waals surface area contributed by atoms with Crippen molar-refractivity contribution in [2.75, 3.05) is 0 Å². The Morgan fingerprint density at radius 1 is 0.421 bits per heavy atom. The maximum atomic E-state index is 8.94. The van der Waals surface area contributed by atoms with Gasteiger partial charge in [0.1, 0.15) is 0 Å². The minimum atomic E-state index is -0.430. The van der Waals surface area contributed by atoms with E-state index in [-0.39, 0.29) is 53.9 Å². The summed E-state index contributed by atoms with van der Waals surface area (Å²) >= 11 is 0. The van der Waals surface area contributed by atoms with Gasteiger partial charge in [0.2, 0.25) is 0 Å². The van der Waals surface area contributed by atoms with E-state index in [0.29, 0.717) is 16.5 Å². The molecule has 0 aliphatic rings. The van der Waals surface area contributed by atoms with Crippen molar-refractivity contribution in [2.24, 2.45) is 0 Å². The number of nitrogens with zero attached hydrogens (tertiary/aromatic N) is 2. The second kappa shape index (κ2) is 8.22. The van der Waals surface area contributed by atoms with Crippen LogP contribution in [0.1, 0.15) is 12.3 Å². The second-order valence-electron chi connectivity index (χ2n) is 9.15. The number of hydrogen-bond donors (Lipinski definition) is 0. The van der Waals surface area contributed by atoms with E-state index in [1.165, 1.54) is 0 Å². The third-order valence-corrected chi connectivity index (χ3v) is 7.14. The molecule has 0 atom stereocenters. The van der Waals surface area contributed by atoms with Crippen LogP contribution >= 0.6 is 0 Å². The number of benzene rings is 6. The molecule has 38 heavy (non-hydrogen) atoms. The van der Waals surface area contributed by atoms with E-state index in [2.05, 4.69) is 4.57 Å². The van der Waals surface area contributed by atoms with Crippen LogP contribution < -0.4 is 0 Å². The monoisotopic (exact) mass is 493 g/mol. The Morgan fingerprint density at radius 3 is 1.89 bits per heavy atom. The highest BCUT2D eigenvalue weighted by atomic mass is 15.0. The van der Waals surface area contributed by atoms with Crippen LogP contribution in [-0.4, -0.2) is 9.13 Å². The standard InChI is InChI=1S/C36H24N2/c1-2-11-25(12-3-1)26-21-23-27(24-22-26)37-33-18-9-6-15-30(33)36-34(37)19-10-20-35(36)38-31-16-7-4-13-28(31)29-14-5-8-17-32(29)38/h1-24H/i1D,2D,3D,4D,7D,11D,12D,13D,16D. The molecule has 0 bridgehead atoms. The summed E-state index contributed by atoms with van der Waals surface area (Å²) in [4.78, 5) is 0. The fourth-order valence-electron chi connectivity index (χ4n) is 5.56. The molecule has 0 unspecified atom stereocenters. The van der Waals surface area contributed by atoms with E-state index in [0.717, 1.165) is 44.1 Å². The molecule has 0 saturated carbocycles. The molecular weight excluding hydrogens is 460 g/mol. The minimum Gasteiger partial charge on any atom is -0.309 e. The summed E-state index contributed by atoms with van der Waals surface area (Å²) in [6.07, 6.45) is 0. The zero-order chi connectivity index (χ0) is 32.9. The summed E-state index contributed by atoms with van der Waals surface area (Å²) in [6.45, 7) is 0. The van der Waals surface area contributed by atoms with Gasteiger partial charge in [0.25, 0.3) is 0 Å². The smallest absolute Gasteiger partial charge is 0.0645 e. The molecule has 2 heteroatoms. The molecule has 0 amide bonds. The molecule has 0 radical (unpaired) electrons. The molecule has 178 valence electrons. The van der Waals surface area contributed by atoms with Gasteiger partial charge in [-0.3, -0.25) is 0 Å². The van der Waals surface area contributed by atoms with Crippen LogP contribution in [0.5, 0.6) is 0 Å². The van der Waals surface area contributed by atoms with Crippen molar-refractivity contribution in [1.29, 1.82) is 0 Å². The van der Waals surface area contributed by atoms with Crippen LogP contribution in [-0.2, 0) is 0 Å². The van der Waals surface area contributed by atoms with E-state index >= 15 is 0 Å². The molecule has 0 aliphatic heterocycles. The highest BCUT2D eigenvalue weighted by Gasteiger charge is 2.19. The van der Waals surface area contributed by atoms with E-state index in [9.17, 15) is 0 Å². The van der Waals surface area contributed by atoms with Crippen molar-refractivity contribution in [3.63, 3.8) is 0 Å². The molecule has 2 aromatic heterocycles. The molecule has 8 aromatic rings. The van der Waals surface area contributed by atoms with Crippen molar-refractivity contribution in [3.8, 4) is 22.5 Å². The van der Waals surface area contributed by atoms with Gasteiger partial charge in [0.15, 0.2) is 0 Å². The molecule has 2 nitrogen and oxygen atoms in total. The van der Waals surface area contributed by atoms with Crippen molar-refractivity contribution < 1.29 is 12.3 Å². The van der Waals surface area contributed by atoms with Gasteiger partial charge >= 0.3 is 0 Å². The van der Waals surface area contributed by atoms with Crippen molar-refractivity contribution >= 4 is 43.6 Å². The molecule has 0 spiro atoms. The second-order valence-corrected chi connectivity index (χ2v) is 9.15.